The topological polar surface area (TPSA) is 127 Å². The van der Waals surface area contributed by atoms with Crippen molar-refractivity contribution in [2.45, 2.75) is 14.4 Å². The number of aromatic nitrogens is 2. The molecule has 0 atom stereocenters. The van der Waals surface area contributed by atoms with Crippen LogP contribution in [0.15, 0.2) is 242 Å². The summed E-state index contributed by atoms with van der Waals surface area (Å²) in [6, 6.07) is 63.5. The zero-order chi connectivity index (χ0) is 53.6. The summed E-state index contributed by atoms with van der Waals surface area (Å²) in [6.45, 7) is 1.56. The molecule has 1 aromatic heterocycles. The van der Waals surface area contributed by atoms with Crippen LogP contribution in [-0.2, 0) is 0 Å². The van der Waals surface area contributed by atoms with Crippen molar-refractivity contribution >= 4 is 170 Å². The van der Waals surface area contributed by atoms with Crippen molar-refractivity contribution in [2.75, 3.05) is 0 Å². The van der Waals surface area contributed by atoms with Crippen molar-refractivity contribution in [2.24, 2.45) is 5.73 Å². The molecule has 388 valence electrons. The molecule has 0 spiro atoms. The molecule has 0 aliphatic rings. The molecule has 0 fully saturated rings. The van der Waals surface area contributed by atoms with Gasteiger partial charge in [0.05, 0.1) is 11.4 Å². The molecule has 0 saturated carbocycles. The molecule has 3 N–H and O–H groups in total. The lowest BCUT2D eigenvalue weighted by Gasteiger charge is -2.10. The Morgan fingerprint density at radius 2 is 0.789 bits per heavy atom. The van der Waals surface area contributed by atoms with Gasteiger partial charge < -0.3 is 5.73 Å². The first kappa shape index (κ1) is 65.5. The maximum atomic E-state index is 11.9. The fourth-order valence-electron chi connectivity index (χ4n) is 6.26. The number of Topliss-reactive ketones (excluding diaryl/α,β-unsaturated/α-hetero) is 1. The number of allylic oxidation sites excluding steroid dienone is 1. The Bertz CT molecular complexity index is 3220. The van der Waals surface area contributed by atoms with Crippen LogP contribution in [-0.4, -0.2) is 33.7 Å². The number of carbonyl (C=O) groups is 3. The predicted octanol–water partition coefficient (Wildman–Crippen LogP) is 20.6. The van der Waals surface area contributed by atoms with Gasteiger partial charge in [-0.15, -0.1) is 12.4 Å². The fourth-order valence-corrected chi connectivity index (χ4v) is 9.49. The molecule has 8 aromatic carbocycles. The van der Waals surface area contributed by atoms with Gasteiger partial charge in [0.25, 0.3) is 0 Å². The molecule has 0 unspecified atom stereocenters. The second-order valence-corrected chi connectivity index (χ2v) is 22.7. The Kier molecular flexibility index (Phi) is 29.4. The molecule has 0 radical (unpaired) electrons. The highest BCUT2D eigenvalue weighted by atomic mass is 79.9. The first-order valence-electron chi connectivity index (χ1n) is 21.9. The SMILES string of the molecule is Brc1cccc(-c2cc(-c3cccc(Br)c3)nc(-c3cccc(Br)c3)n2)c1.C.CC(=O)c1cccc(Br)c1.Cl.N=C(N)c1cccc(Br)c1.O=C(/C=C/c1cccc(Br)c1)c1cccc(Br)c1.O=Cc1cccc(Br)c1. The molecule has 16 heteroatoms. The summed E-state index contributed by atoms with van der Waals surface area (Å²) >= 11 is 27.2. The zero-order valence-electron chi connectivity index (χ0n) is 39.4. The van der Waals surface area contributed by atoms with Crippen LogP contribution in [0, 0.1) is 5.41 Å². The van der Waals surface area contributed by atoms with Crippen molar-refractivity contribution in [3.8, 4) is 33.9 Å². The predicted molar refractivity (Wildman–Crippen MR) is 346 cm³/mol. The van der Waals surface area contributed by atoms with E-state index in [1.807, 2.05) is 152 Å². The maximum absolute atomic E-state index is 11.9. The van der Waals surface area contributed by atoms with Crippen LogP contribution >= 0.6 is 140 Å². The van der Waals surface area contributed by atoms with Gasteiger partial charge in [-0.1, -0.05) is 238 Å². The highest BCUT2D eigenvalue weighted by Crippen LogP contribution is 2.31. The number of hydrogen-bond acceptors (Lipinski definition) is 6. The minimum Gasteiger partial charge on any atom is -0.384 e. The number of nitrogen functional groups attached to an aromatic ring is 1. The molecule has 7 nitrogen and oxygen atoms in total. The minimum absolute atomic E-state index is 0. The summed E-state index contributed by atoms with van der Waals surface area (Å²) in [5.74, 6) is 0.891. The third-order valence-corrected chi connectivity index (χ3v) is 13.7. The molecule has 1 heterocycles. The van der Waals surface area contributed by atoms with E-state index in [9.17, 15) is 14.4 Å². The van der Waals surface area contributed by atoms with Crippen LogP contribution in [0.1, 0.15) is 56.6 Å². The first-order valence-corrected chi connectivity index (χ1v) is 28.3. The standard InChI is InChI=1S/C22H13Br3N2.C15H10Br2O.C8H7BrO.C7H7BrN2.C7H5BrO.CH4.ClH/c23-17-7-1-4-14(10-17)20-13-21(15-5-2-8-18(24)11-15)27-22(26-20)16-6-3-9-19(25)12-16;16-13-5-1-3-11(9-13)7-8-15(18)12-4-2-6-14(17)10-12;1-6(10)7-3-2-4-8(9)5-7;8-6-3-1-2-5(4-6)7(9)10;8-7-3-1-2-6(4-7)5-9;;/h1-13H;1-10H;2-5H,1H3;1-4H,(H3,9,10);1-5H;1H4;1H/b;8-7+;;;;;. The molecule has 0 saturated heterocycles. The Balaban J connectivity index is 0.000000269. The molecule has 0 bridgehead atoms. The second-order valence-electron chi connectivity index (χ2n) is 15.4. The van der Waals surface area contributed by atoms with Crippen molar-refractivity contribution < 1.29 is 14.4 Å². The summed E-state index contributed by atoms with van der Waals surface area (Å²) < 4.78 is 7.77. The number of ketones is 2. The molecular weight excluding hydrogens is 1500 g/mol. The average molecular weight is 1550 g/mol. The van der Waals surface area contributed by atoms with Gasteiger partial charge in [-0.2, -0.15) is 0 Å². The summed E-state index contributed by atoms with van der Waals surface area (Å²) in [5, 5.41) is 7.09. The largest absolute Gasteiger partial charge is 0.384 e. The number of benzene rings is 8. The molecule has 9 aromatic rings. The van der Waals surface area contributed by atoms with Gasteiger partial charge in [0.15, 0.2) is 17.4 Å². The van der Waals surface area contributed by atoms with Gasteiger partial charge >= 0.3 is 0 Å². The number of carbonyl (C=O) groups excluding carboxylic acids is 3. The van der Waals surface area contributed by atoms with Crippen LogP contribution < -0.4 is 5.73 Å². The molecule has 0 aliphatic heterocycles. The van der Waals surface area contributed by atoms with Crippen molar-refractivity contribution in [1.82, 2.24) is 9.97 Å². The monoisotopic (exact) mass is 1540 g/mol. The van der Waals surface area contributed by atoms with E-state index in [-0.39, 0.29) is 37.2 Å². The van der Waals surface area contributed by atoms with Crippen LogP contribution in [0.2, 0.25) is 0 Å². The minimum atomic E-state index is -0.00345. The second kappa shape index (κ2) is 34.2. The lowest BCUT2D eigenvalue weighted by atomic mass is 10.1. The van der Waals surface area contributed by atoms with Crippen molar-refractivity contribution in [1.29, 1.82) is 5.41 Å². The third-order valence-electron chi connectivity index (χ3n) is 9.79. The lowest BCUT2D eigenvalue weighted by Crippen LogP contribution is -2.10. The molecule has 9 rings (SSSR count). The fraction of sp³-hybridized carbons (Fsp3) is 0.0333. The van der Waals surface area contributed by atoms with E-state index >= 15 is 0 Å². The molecule has 76 heavy (non-hydrogen) atoms. The normalized spacial score (nSPS) is 9.91. The average Bonchev–Trinajstić information content (AvgIpc) is 3.38. The van der Waals surface area contributed by atoms with Gasteiger partial charge in [-0.05, 0) is 122 Å². The van der Waals surface area contributed by atoms with Gasteiger partial charge in [-0.3, -0.25) is 19.8 Å². The lowest BCUT2D eigenvalue weighted by molar-refractivity contribution is 0.101. The molecule has 0 aliphatic carbocycles. The Labute approximate surface area is 517 Å². The Morgan fingerprint density at radius 1 is 0.447 bits per heavy atom. The van der Waals surface area contributed by atoms with Gasteiger partial charge in [0.2, 0.25) is 0 Å². The van der Waals surface area contributed by atoms with Crippen molar-refractivity contribution in [3.05, 3.63) is 270 Å². The Morgan fingerprint density at radius 3 is 1.17 bits per heavy atom. The van der Waals surface area contributed by atoms with E-state index in [4.69, 9.17) is 21.1 Å². The first-order chi connectivity index (χ1) is 35.5. The van der Waals surface area contributed by atoms with Crippen LogP contribution in [0.4, 0.5) is 0 Å². The number of halogens is 9. The number of nitrogens with zero attached hydrogens (tertiary/aromatic N) is 2. The zero-order valence-corrected chi connectivity index (χ0v) is 52.9. The Hall–Kier alpha value is -4.81. The smallest absolute Gasteiger partial charge is 0.185 e. The van der Waals surface area contributed by atoms with Crippen LogP contribution in [0.3, 0.4) is 0 Å². The van der Waals surface area contributed by atoms with E-state index < -0.39 is 0 Å². The number of rotatable bonds is 9. The quantitative estimate of drug-likeness (QED) is 0.0487. The van der Waals surface area contributed by atoms with Crippen LogP contribution in [0.25, 0.3) is 40.0 Å². The van der Waals surface area contributed by atoms with E-state index in [2.05, 4.69) is 152 Å². The molecule has 0 amide bonds. The summed E-state index contributed by atoms with van der Waals surface area (Å²) in [4.78, 5) is 42.5. The summed E-state index contributed by atoms with van der Waals surface area (Å²) in [7, 11) is 0. The number of nitrogens with two attached hydrogens (primary N) is 1. The number of amidine groups is 1. The van der Waals surface area contributed by atoms with Gasteiger partial charge in [0, 0.05) is 74.7 Å². The van der Waals surface area contributed by atoms with Gasteiger partial charge in [0.1, 0.15) is 12.1 Å². The van der Waals surface area contributed by atoms with Gasteiger partial charge in [-0.25, -0.2) is 9.97 Å². The number of nitrogens with one attached hydrogen (secondary N) is 1. The van der Waals surface area contributed by atoms with Crippen molar-refractivity contribution in [3.63, 3.8) is 0 Å². The summed E-state index contributed by atoms with van der Waals surface area (Å²) in [5.41, 5.74) is 13.9. The third kappa shape index (κ3) is 23.0. The van der Waals surface area contributed by atoms with Crippen LogP contribution in [0.5, 0.6) is 0 Å². The number of hydrogen-bond donors (Lipinski definition) is 2. The van der Waals surface area contributed by atoms with E-state index in [0.717, 1.165) is 86.8 Å². The highest BCUT2D eigenvalue weighted by molar-refractivity contribution is 9.11. The van der Waals surface area contributed by atoms with E-state index in [1.165, 1.54) is 0 Å². The number of aldehydes is 1. The van der Waals surface area contributed by atoms with E-state index in [0.29, 0.717) is 17.0 Å². The maximum Gasteiger partial charge on any atom is 0.185 e. The highest BCUT2D eigenvalue weighted by Gasteiger charge is 2.12. The molecular formula is C60H47Br8ClN4O3. The van der Waals surface area contributed by atoms with E-state index in [1.54, 1.807) is 43.3 Å². The summed E-state index contributed by atoms with van der Waals surface area (Å²) in [6.07, 6.45) is 4.22.